The van der Waals surface area contributed by atoms with Gasteiger partial charge in [-0.15, -0.1) is 11.8 Å². The third-order valence-electron chi connectivity index (χ3n) is 2.68. The smallest absolute Gasteiger partial charge is 0.255 e. The van der Waals surface area contributed by atoms with Crippen LogP contribution in [0.1, 0.15) is 24.2 Å². The van der Waals surface area contributed by atoms with E-state index in [2.05, 4.69) is 0 Å². The highest BCUT2D eigenvalue weighted by atomic mass is 32.2. The maximum atomic E-state index is 12.3. The summed E-state index contributed by atoms with van der Waals surface area (Å²) >= 11 is 1.54. The summed E-state index contributed by atoms with van der Waals surface area (Å²) in [4.78, 5) is 15.0. The lowest BCUT2D eigenvalue weighted by atomic mass is 10.2. The summed E-state index contributed by atoms with van der Waals surface area (Å²) < 4.78 is 5.28. The van der Waals surface area contributed by atoms with Crippen LogP contribution in [0.4, 0.5) is 0 Å². The number of benzene rings is 1. The number of methoxy groups -OCH3 is 1. The number of carbonyl (C=O) groups excluding carboxylic acids is 1. The van der Waals surface area contributed by atoms with E-state index in [0.29, 0.717) is 0 Å². The van der Waals surface area contributed by atoms with Crippen LogP contribution in [0.3, 0.4) is 0 Å². The molecule has 1 amide bonds. The van der Waals surface area contributed by atoms with Crippen molar-refractivity contribution < 1.29 is 9.53 Å². The highest BCUT2D eigenvalue weighted by Gasteiger charge is 2.18. The van der Waals surface area contributed by atoms with Crippen molar-refractivity contribution >= 4 is 17.7 Å². The Morgan fingerprint density at radius 1 is 1.35 bits per heavy atom. The van der Waals surface area contributed by atoms with Crippen LogP contribution < -0.4 is 4.74 Å². The van der Waals surface area contributed by atoms with Crippen LogP contribution in [0.15, 0.2) is 23.1 Å². The summed E-state index contributed by atoms with van der Waals surface area (Å²) in [5, 5.41) is 0. The molecule has 0 atom stereocenters. The fourth-order valence-electron chi connectivity index (χ4n) is 1.74. The Hall–Kier alpha value is -1.16. The summed E-state index contributed by atoms with van der Waals surface area (Å²) in [6, 6.07) is 5.59. The van der Waals surface area contributed by atoms with Crippen LogP contribution in [-0.2, 0) is 0 Å². The Morgan fingerprint density at radius 2 is 2.00 bits per heavy atom. The molecule has 0 radical (unpaired) electrons. The fourth-order valence-corrected chi connectivity index (χ4v) is 2.46. The maximum Gasteiger partial charge on any atom is 0.255 e. The monoisotopic (exact) mass is 253 g/mol. The molecule has 0 saturated carbocycles. The van der Waals surface area contributed by atoms with E-state index in [9.17, 15) is 4.79 Å². The zero-order valence-electron chi connectivity index (χ0n) is 10.8. The second kappa shape index (κ2) is 6.55. The van der Waals surface area contributed by atoms with Gasteiger partial charge in [0.05, 0.1) is 17.6 Å². The van der Waals surface area contributed by atoms with Gasteiger partial charge in [0.15, 0.2) is 0 Å². The van der Waals surface area contributed by atoms with Gasteiger partial charge in [0.25, 0.3) is 5.91 Å². The molecule has 0 heterocycles. The van der Waals surface area contributed by atoms with E-state index < -0.39 is 0 Å². The number of hydrogen-bond acceptors (Lipinski definition) is 3. The topological polar surface area (TPSA) is 29.5 Å². The number of carbonyl (C=O) groups is 1. The molecule has 1 rings (SSSR count). The van der Waals surface area contributed by atoms with Crippen molar-refractivity contribution in [1.29, 1.82) is 0 Å². The molecule has 0 aliphatic rings. The van der Waals surface area contributed by atoms with Crippen molar-refractivity contribution in [1.82, 2.24) is 4.90 Å². The minimum absolute atomic E-state index is 0.0678. The van der Waals surface area contributed by atoms with Gasteiger partial charge in [-0.1, -0.05) is 6.07 Å². The Kier molecular flexibility index (Phi) is 5.35. The van der Waals surface area contributed by atoms with Gasteiger partial charge in [-0.3, -0.25) is 4.79 Å². The van der Waals surface area contributed by atoms with Gasteiger partial charge in [-0.25, -0.2) is 0 Å². The lowest BCUT2D eigenvalue weighted by molar-refractivity contribution is 0.0769. The molecule has 3 nitrogen and oxygen atoms in total. The van der Waals surface area contributed by atoms with Gasteiger partial charge in [0.1, 0.15) is 5.75 Å². The van der Waals surface area contributed by atoms with Crippen LogP contribution >= 0.6 is 11.8 Å². The molecule has 0 aliphatic carbocycles. The van der Waals surface area contributed by atoms with Gasteiger partial charge >= 0.3 is 0 Å². The summed E-state index contributed by atoms with van der Waals surface area (Å²) in [7, 11) is 1.63. The number of rotatable bonds is 5. The van der Waals surface area contributed by atoms with Crippen molar-refractivity contribution in [3.8, 4) is 5.75 Å². The predicted molar refractivity (Wildman–Crippen MR) is 72.0 cm³/mol. The maximum absolute atomic E-state index is 12.3. The molecule has 0 unspecified atom stereocenters. The van der Waals surface area contributed by atoms with Gasteiger partial charge in [-0.2, -0.15) is 0 Å². The van der Waals surface area contributed by atoms with E-state index in [-0.39, 0.29) is 5.91 Å². The Bertz CT molecular complexity index is 389. The first-order valence-electron chi connectivity index (χ1n) is 5.69. The summed E-state index contributed by atoms with van der Waals surface area (Å²) in [5.41, 5.74) is 0.723. The van der Waals surface area contributed by atoms with E-state index in [1.807, 2.05) is 43.2 Å². The molecule has 94 valence electrons. The number of amides is 1. The summed E-state index contributed by atoms with van der Waals surface area (Å²) in [5.74, 6) is 0.828. The van der Waals surface area contributed by atoms with E-state index in [1.54, 1.807) is 18.9 Å². The zero-order chi connectivity index (χ0) is 12.8. The molecule has 0 aromatic heterocycles. The molecule has 0 aliphatic heterocycles. The average molecular weight is 253 g/mol. The van der Waals surface area contributed by atoms with Crippen molar-refractivity contribution in [2.24, 2.45) is 0 Å². The average Bonchev–Trinajstić information content (AvgIpc) is 2.38. The SMILES string of the molecule is CCN(CC)C(=O)c1cccc(OC)c1SC. The quantitative estimate of drug-likeness (QED) is 0.756. The van der Waals surface area contributed by atoms with Crippen LogP contribution in [0.2, 0.25) is 0 Å². The van der Waals surface area contributed by atoms with E-state index in [1.165, 1.54) is 0 Å². The Morgan fingerprint density at radius 3 is 2.47 bits per heavy atom. The van der Waals surface area contributed by atoms with Crippen LogP contribution in [0, 0.1) is 0 Å². The second-order valence-electron chi connectivity index (χ2n) is 3.52. The van der Waals surface area contributed by atoms with Gasteiger partial charge in [0, 0.05) is 13.1 Å². The first-order chi connectivity index (χ1) is 8.19. The Labute approximate surface area is 107 Å². The minimum atomic E-state index is 0.0678. The van der Waals surface area contributed by atoms with Gasteiger partial charge in [-0.05, 0) is 32.2 Å². The van der Waals surface area contributed by atoms with Crippen molar-refractivity contribution in [2.75, 3.05) is 26.5 Å². The number of thioether (sulfide) groups is 1. The second-order valence-corrected chi connectivity index (χ2v) is 4.34. The first kappa shape index (κ1) is 13.9. The normalized spacial score (nSPS) is 10.1. The molecular weight excluding hydrogens is 234 g/mol. The molecule has 4 heteroatoms. The molecule has 1 aromatic carbocycles. The van der Waals surface area contributed by atoms with Crippen molar-refractivity contribution in [3.63, 3.8) is 0 Å². The third kappa shape index (κ3) is 2.94. The molecule has 0 saturated heterocycles. The third-order valence-corrected chi connectivity index (χ3v) is 3.51. The zero-order valence-corrected chi connectivity index (χ0v) is 11.6. The van der Waals surface area contributed by atoms with Gasteiger partial charge in [0.2, 0.25) is 0 Å². The molecule has 0 fully saturated rings. The fraction of sp³-hybridized carbons (Fsp3) is 0.462. The standard InChI is InChI=1S/C13H19NO2S/c1-5-14(6-2)13(15)10-8-7-9-11(16-3)12(10)17-4/h7-9H,5-6H2,1-4H3. The first-order valence-corrected chi connectivity index (χ1v) is 6.92. The summed E-state index contributed by atoms with van der Waals surface area (Å²) in [6.07, 6.45) is 1.96. The van der Waals surface area contributed by atoms with Crippen LogP contribution in [-0.4, -0.2) is 37.3 Å². The minimum Gasteiger partial charge on any atom is -0.496 e. The van der Waals surface area contributed by atoms with Gasteiger partial charge < -0.3 is 9.64 Å². The van der Waals surface area contributed by atoms with Crippen molar-refractivity contribution in [2.45, 2.75) is 18.7 Å². The lowest BCUT2D eigenvalue weighted by Crippen LogP contribution is -2.30. The molecule has 0 spiro atoms. The van der Waals surface area contributed by atoms with Crippen LogP contribution in [0.25, 0.3) is 0 Å². The van der Waals surface area contributed by atoms with Crippen LogP contribution in [0.5, 0.6) is 5.75 Å². The van der Waals surface area contributed by atoms with Crippen molar-refractivity contribution in [3.05, 3.63) is 23.8 Å². The number of hydrogen-bond donors (Lipinski definition) is 0. The van der Waals surface area contributed by atoms with E-state index in [4.69, 9.17) is 4.74 Å². The molecule has 17 heavy (non-hydrogen) atoms. The molecule has 1 aromatic rings. The number of ether oxygens (including phenoxy) is 1. The molecule has 0 bridgehead atoms. The highest BCUT2D eigenvalue weighted by Crippen LogP contribution is 2.31. The number of nitrogens with zero attached hydrogens (tertiary/aromatic N) is 1. The van der Waals surface area contributed by atoms with E-state index >= 15 is 0 Å². The predicted octanol–water partition coefficient (Wildman–Crippen LogP) is 2.90. The van der Waals surface area contributed by atoms with E-state index in [0.717, 1.165) is 29.3 Å². The summed E-state index contributed by atoms with van der Waals surface area (Å²) in [6.45, 7) is 5.42. The molecular formula is C13H19NO2S. The highest BCUT2D eigenvalue weighted by molar-refractivity contribution is 7.98. The molecule has 0 N–H and O–H groups in total. The Balaban J connectivity index is 3.16. The largest absolute Gasteiger partial charge is 0.496 e. The lowest BCUT2D eigenvalue weighted by Gasteiger charge is -2.20.